The van der Waals surface area contributed by atoms with Gasteiger partial charge in [0.1, 0.15) is 17.3 Å². The van der Waals surface area contributed by atoms with E-state index in [9.17, 15) is 4.79 Å². The number of amides is 1. The number of nitrogens with one attached hydrogen (secondary N) is 1. The number of benzene rings is 1. The van der Waals surface area contributed by atoms with Crippen molar-refractivity contribution in [2.45, 2.75) is 26.2 Å². The number of methoxy groups -OCH3 is 2. The molecule has 0 fully saturated rings. The summed E-state index contributed by atoms with van der Waals surface area (Å²) in [7, 11) is 3.23. The molecule has 0 aliphatic rings. The van der Waals surface area contributed by atoms with Crippen molar-refractivity contribution in [2.75, 3.05) is 19.5 Å². The van der Waals surface area contributed by atoms with Crippen LogP contribution in [0.4, 0.5) is 5.82 Å². The van der Waals surface area contributed by atoms with Gasteiger partial charge >= 0.3 is 0 Å². The van der Waals surface area contributed by atoms with Gasteiger partial charge in [0.25, 0.3) is 0 Å². The van der Waals surface area contributed by atoms with Crippen LogP contribution in [-0.4, -0.2) is 25.1 Å². The number of pyridine rings is 1. The quantitative estimate of drug-likeness (QED) is 0.886. The van der Waals surface area contributed by atoms with Crippen LogP contribution in [0.3, 0.4) is 0 Å². The number of hydrogen-bond acceptors (Lipinski definition) is 4. The van der Waals surface area contributed by atoms with E-state index in [0.717, 1.165) is 22.6 Å². The second-order valence-corrected chi connectivity index (χ2v) is 5.43. The Kier molecular flexibility index (Phi) is 5.57. The van der Waals surface area contributed by atoms with Gasteiger partial charge in [-0.25, -0.2) is 4.98 Å². The molecular formula is C18H22N2O3. The number of nitrogens with zero attached hydrogens (tertiary/aromatic N) is 1. The van der Waals surface area contributed by atoms with E-state index in [-0.39, 0.29) is 11.8 Å². The van der Waals surface area contributed by atoms with Gasteiger partial charge in [0.15, 0.2) is 0 Å². The fourth-order valence-electron chi connectivity index (χ4n) is 2.41. The van der Waals surface area contributed by atoms with Gasteiger partial charge in [0.05, 0.1) is 14.2 Å². The Hall–Kier alpha value is -2.56. The third-order valence-electron chi connectivity index (χ3n) is 3.73. The zero-order valence-corrected chi connectivity index (χ0v) is 13.9. The monoisotopic (exact) mass is 314 g/mol. The van der Waals surface area contributed by atoms with Crippen molar-refractivity contribution in [1.82, 2.24) is 4.98 Å². The summed E-state index contributed by atoms with van der Waals surface area (Å²) in [5.41, 5.74) is 1.91. The molecule has 0 spiro atoms. The molecule has 0 saturated heterocycles. The Bertz CT molecular complexity index is 686. The van der Waals surface area contributed by atoms with Crippen LogP contribution >= 0.6 is 0 Å². The van der Waals surface area contributed by atoms with Crippen molar-refractivity contribution in [3.05, 3.63) is 47.7 Å². The third kappa shape index (κ3) is 4.22. The minimum atomic E-state index is -0.0721. The normalized spacial score (nSPS) is 11.7. The number of hydrogen-bond donors (Lipinski definition) is 1. The highest BCUT2D eigenvalue weighted by Gasteiger charge is 2.17. The lowest BCUT2D eigenvalue weighted by Crippen LogP contribution is -2.16. The van der Waals surface area contributed by atoms with Crippen molar-refractivity contribution in [3.8, 4) is 11.5 Å². The minimum Gasteiger partial charge on any atom is -0.497 e. The predicted octanol–water partition coefficient (Wildman–Crippen LogP) is 3.54. The van der Waals surface area contributed by atoms with E-state index in [1.54, 1.807) is 20.4 Å². The molecule has 0 bridgehead atoms. The molecule has 122 valence electrons. The maximum Gasteiger partial charge on any atom is 0.226 e. The van der Waals surface area contributed by atoms with Crippen molar-refractivity contribution in [2.24, 2.45) is 0 Å². The maximum atomic E-state index is 12.3. The molecule has 0 aliphatic carbocycles. The summed E-state index contributed by atoms with van der Waals surface area (Å²) >= 11 is 0. The van der Waals surface area contributed by atoms with Gasteiger partial charge in [0.2, 0.25) is 5.91 Å². The molecule has 2 aromatic rings. The van der Waals surface area contributed by atoms with Crippen LogP contribution in [0.1, 0.15) is 30.4 Å². The Morgan fingerprint density at radius 2 is 2.04 bits per heavy atom. The van der Waals surface area contributed by atoms with Gasteiger partial charge in [-0.15, -0.1) is 0 Å². The number of carbonyl (C=O) groups is 1. The lowest BCUT2D eigenvalue weighted by molar-refractivity contribution is -0.116. The second-order valence-electron chi connectivity index (χ2n) is 5.43. The lowest BCUT2D eigenvalue weighted by Gasteiger charge is -2.16. The largest absolute Gasteiger partial charge is 0.497 e. The molecule has 2 rings (SSSR count). The molecule has 23 heavy (non-hydrogen) atoms. The zero-order chi connectivity index (χ0) is 16.8. The van der Waals surface area contributed by atoms with Crippen LogP contribution in [0.2, 0.25) is 0 Å². The van der Waals surface area contributed by atoms with Crippen LogP contribution < -0.4 is 14.8 Å². The fraction of sp³-hybridized carbons (Fsp3) is 0.333. The van der Waals surface area contributed by atoms with E-state index in [1.165, 1.54) is 0 Å². The highest BCUT2D eigenvalue weighted by molar-refractivity contribution is 5.91. The van der Waals surface area contributed by atoms with Gasteiger partial charge in [-0.2, -0.15) is 0 Å². The molecule has 1 aromatic heterocycles. The van der Waals surface area contributed by atoms with Gasteiger partial charge in [-0.05, 0) is 36.1 Å². The summed E-state index contributed by atoms with van der Waals surface area (Å²) in [4.78, 5) is 16.4. The number of ether oxygens (including phenoxy) is 2. The lowest BCUT2D eigenvalue weighted by atomic mass is 9.96. The SMILES string of the molecule is COc1ccc(C(C)CC(=O)Nc2ncccc2C)c(OC)c1. The van der Waals surface area contributed by atoms with Crippen LogP contribution in [0.15, 0.2) is 36.5 Å². The van der Waals surface area contributed by atoms with Gasteiger partial charge < -0.3 is 14.8 Å². The third-order valence-corrected chi connectivity index (χ3v) is 3.73. The van der Waals surface area contributed by atoms with Crippen molar-refractivity contribution in [1.29, 1.82) is 0 Å². The molecule has 1 atom stereocenters. The van der Waals surface area contributed by atoms with Crippen molar-refractivity contribution in [3.63, 3.8) is 0 Å². The van der Waals surface area contributed by atoms with Crippen LogP contribution in [0.25, 0.3) is 0 Å². The second kappa shape index (κ2) is 7.63. The molecule has 1 amide bonds. The average molecular weight is 314 g/mol. The summed E-state index contributed by atoms with van der Waals surface area (Å²) in [6.07, 6.45) is 2.01. The maximum absolute atomic E-state index is 12.3. The Morgan fingerprint density at radius 3 is 2.70 bits per heavy atom. The summed E-state index contributed by atoms with van der Waals surface area (Å²) < 4.78 is 10.6. The molecule has 1 N–H and O–H groups in total. The summed E-state index contributed by atoms with van der Waals surface area (Å²) in [5.74, 6) is 1.99. The van der Waals surface area contributed by atoms with E-state index in [0.29, 0.717) is 12.2 Å². The van der Waals surface area contributed by atoms with Gasteiger partial charge in [-0.3, -0.25) is 4.79 Å². The summed E-state index contributed by atoms with van der Waals surface area (Å²) in [6, 6.07) is 9.39. The molecule has 0 aliphatic heterocycles. The van der Waals surface area contributed by atoms with Crippen molar-refractivity contribution >= 4 is 11.7 Å². The number of rotatable bonds is 6. The van der Waals surface area contributed by atoms with Crippen molar-refractivity contribution < 1.29 is 14.3 Å². The van der Waals surface area contributed by atoms with E-state index < -0.39 is 0 Å². The summed E-state index contributed by atoms with van der Waals surface area (Å²) in [6.45, 7) is 3.91. The van der Waals surface area contributed by atoms with E-state index in [2.05, 4.69) is 10.3 Å². The number of anilines is 1. The number of carbonyl (C=O) groups excluding carboxylic acids is 1. The van der Waals surface area contributed by atoms with Crippen LogP contribution in [0, 0.1) is 6.92 Å². The smallest absolute Gasteiger partial charge is 0.226 e. The van der Waals surface area contributed by atoms with Crippen LogP contribution in [-0.2, 0) is 4.79 Å². The Labute approximate surface area is 136 Å². The standard InChI is InChI=1S/C18H22N2O3/c1-12-6-5-9-19-18(12)20-17(21)10-13(2)15-8-7-14(22-3)11-16(15)23-4/h5-9,11,13H,10H2,1-4H3,(H,19,20,21). The van der Waals surface area contributed by atoms with Gasteiger partial charge in [-0.1, -0.05) is 19.1 Å². The number of aryl methyl sites for hydroxylation is 1. The topological polar surface area (TPSA) is 60.5 Å². The average Bonchev–Trinajstić information content (AvgIpc) is 2.56. The molecule has 5 heteroatoms. The Balaban J connectivity index is 2.08. The highest BCUT2D eigenvalue weighted by atomic mass is 16.5. The van der Waals surface area contributed by atoms with Crippen LogP contribution in [0.5, 0.6) is 11.5 Å². The minimum absolute atomic E-state index is 0.0138. The molecule has 1 aromatic carbocycles. The molecule has 0 radical (unpaired) electrons. The molecule has 5 nitrogen and oxygen atoms in total. The molecule has 1 unspecified atom stereocenters. The highest BCUT2D eigenvalue weighted by Crippen LogP contribution is 2.32. The summed E-state index contributed by atoms with van der Waals surface area (Å²) in [5, 5.41) is 2.86. The molecular weight excluding hydrogens is 292 g/mol. The van der Waals surface area contributed by atoms with E-state index in [4.69, 9.17) is 9.47 Å². The Morgan fingerprint density at radius 1 is 1.26 bits per heavy atom. The van der Waals surface area contributed by atoms with Gasteiger partial charge in [0, 0.05) is 18.7 Å². The first-order valence-corrected chi connectivity index (χ1v) is 7.48. The first-order valence-electron chi connectivity index (χ1n) is 7.48. The van der Waals surface area contributed by atoms with E-state index >= 15 is 0 Å². The number of aromatic nitrogens is 1. The fourth-order valence-corrected chi connectivity index (χ4v) is 2.41. The predicted molar refractivity (Wildman–Crippen MR) is 90.2 cm³/mol. The molecule has 1 heterocycles. The first kappa shape index (κ1) is 16.8. The van der Waals surface area contributed by atoms with E-state index in [1.807, 2.05) is 44.2 Å². The zero-order valence-electron chi connectivity index (χ0n) is 13.9. The molecule has 0 saturated carbocycles. The first-order chi connectivity index (χ1) is 11.0.